The van der Waals surface area contributed by atoms with E-state index in [0.717, 1.165) is 5.56 Å². The molecule has 0 aromatic heterocycles. The van der Waals surface area contributed by atoms with Crippen molar-refractivity contribution >= 4 is 0 Å². The van der Waals surface area contributed by atoms with E-state index in [1.54, 1.807) is 6.92 Å². The van der Waals surface area contributed by atoms with Crippen molar-refractivity contribution in [3.8, 4) is 0 Å². The predicted molar refractivity (Wildman–Crippen MR) is 32.7 cm³/mol. The summed E-state index contributed by atoms with van der Waals surface area (Å²) >= 11 is 0. The Morgan fingerprint density at radius 1 is 1.38 bits per heavy atom. The van der Waals surface area contributed by atoms with Gasteiger partial charge in [0, 0.05) is 6.10 Å². The van der Waals surface area contributed by atoms with E-state index in [0.29, 0.717) is 0 Å². The van der Waals surface area contributed by atoms with Gasteiger partial charge in [-0.2, -0.15) is 12.1 Å². The molecule has 0 amide bonds. The summed E-state index contributed by atoms with van der Waals surface area (Å²) in [4.78, 5) is 0. The Morgan fingerprint density at radius 2 is 1.88 bits per heavy atom. The van der Waals surface area contributed by atoms with E-state index in [-0.39, 0.29) is 6.10 Å². The van der Waals surface area contributed by atoms with Crippen molar-refractivity contribution < 1.29 is 5.11 Å². The molecule has 0 aliphatic rings. The van der Waals surface area contributed by atoms with Crippen molar-refractivity contribution in [3.63, 3.8) is 0 Å². The van der Waals surface area contributed by atoms with Crippen molar-refractivity contribution in [3.05, 3.63) is 29.8 Å². The lowest BCUT2D eigenvalue weighted by atomic mass is 10.2. The van der Waals surface area contributed by atoms with E-state index in [1.807, 2.05) is 24.3 Å². The van der Waals surface area contributed by atoms with Crippen molar-refractivity contribution in [1.82, 2.24) is 0 Å². The lowest BCUT2D eigenvalue weighted by Crippen LogP contribution is -1.84. The van der Waals surface area contributed by atoms with Gasteiger partial charge in [-0.1, -0.05) is 0 Å². The summed E-state index contributed by atoms with van der Waals surface area (Å²) in [6.45, 7) is 1.76. The Labute approximate surface area is 48.9 Å². The molecule has 1 rings (SSSR count). The van der Waals surface area contributed by atoms with Crippen molar-refractivity contribution in [2.24, 2.45) is 0 Å². The zero-order chi connectivity index (χ0) is 5.98. The lowest BCUT2D eigenvalue weighted by Gasteiger charge is -2.03. The van der Waals surface area contributed by atoms with Gasteiger partial charge in [-0.25, -0.2) is 12.1 Å². The van der Waals surface area contributed by atoms with Crippen LogP contribution in [0.2, 0.25) is 0 Å². The summed E-state index contributed by atoms with van der Waals surface area (Å²) in [6.07, 6.45) is -0.315. The lowest BCUT2D eigenvalue weighted by molar-refractivity contribution is 0.199. The first-order valence-corrected chi connectivity index (χ1v) is 2.70. The summed E-state index contributed by atoms with van der Waals surface area (Å²) < 4.78 is 0. The van der Waals surface area contributed by atoms with Crippen molar-refractivity contribution in [1.29, 1.82) is 0 Å². The third-order valence-electron chi connectivity index (χ3n) is 1.17. The molecule has 0 heterocycles. The third-order valence-corrected chi connectivity index (χ3v) is 1.17. The fourth-order valence-corrected chi connectivity index (χ4v) is 0.667. The Morgan fingerprint density at radius 3 is 2.12 bits per heavy atom. The smallest absolute Gasteiger partial charge is 0.0322 e. The van der Waals surface area contributed by atoms with Crippen LogP contribution >= 0.6 is 0 Å². The molecule has 0 fully saturated rings. The maximum Gasteiger partial charge on any atom is 0.0322 e. The number of hydrogen-bond acceptors (Lipinski definition) is 1. The van der Waals surface area contributed by atoms with Crippen molar-refractivity contribution in [2.45, 2.75) is 13.0 Å². The topological polar surface area (TPSA) is 20.2 Å². The third kappa shape index (κ3) is 0.928. The second-order valence-electron chi connectivity index (χ2n) is 1.89. The number of hydrogen-bond donors (Lipinski definition) is 1. The first-order chi connectivity index (χ1) is 3.80. The molecule has 0 bridgehead atoms. The highest BCUT2D eigenvalue weighted by Gasteiger charge is 1.88. The maximum atomic E-state index is 8.91. The molecule has 1 atom stereocenters. The summed E-state index contributed by atoms with van der Waals surface area (Å²) in [5, 5.41) is 8.91. The Hall–Kier alpha value is -0.690. The van der Waals surface area contributed by atoms with Gasteiger partial charge in [0.25, 0.3) is 0 Å². The highest BCUT2D eigenvalue weighted by atomic mass is 16.3. The highest BCUT2D eigenvalue weighted by molar-refractivity contribution is 5.17. The summed E-state index contributed by atoms with van der Waals surface area (Å²) in [5.74, 6) is 0. The average molecular weight is 109 g/mol. The van der Waals surface area contributed by atoms with E-state index in [2.05, 4.69) is 0 Å². The molecule has 0 spiro atoms. The van der Waals surface area contributed by atoms with E-state index in [9.17, 15) is 0 Å². The van der Waals surface area contributed by atoms with Crippen LogP contribution in [0, 0.1) is 0 Å². The molecule has 0 aliphatic carbocycles. The Kier molecular flexibility index (Phi) is 1.40. The van der Waals surface area contributed by atoms with Crippen LogP contribution < -0.4 is 0 Å². The van der Waals surface area contributed by atoms with Crippen LogP contribution in [0.3, 0.4) is 0 Å². The minimum absolute atomic E-state index is 0.315. The molecule has 8 heavy (non-hydrogen) atoms. The van der Waals surface area contributed by atoms with Crippen LogP contribution in [0.1, 0.15) is 18.6 Å². The summed E-state index contributed by atoms with van der Waals surface area (Å²) in [5.41, 5.74) is 0.991. The van der Waals surface area contributed by atoms with Gasteiger partial charge in [0.15, 0.2) is 0 Å². The SMILES string of the molecule is C[C@@H](O)[c-]1cccc1. The molecule has 1 nitrogen and oxygen atoms in total. The largest absolute Gasteiger partial charge is 0.401 e. The molecule has 1 aromatic rings. The Balaban J connectivity index is 2.77. The standard InChI is InChI=1S/C7H9O/c1-6(8)7-4-2-3-5-7/h2-6,8H,1H3/q-1/t6-/m1/s1. The van der Waals surface area contributed by atoms with Gasteiger partial charge in [0.2, 0.25) is 0 Å². The minimum atomic E-state index is -0.315. The summed E-state index contributed by atoms with van der Waals surface area (Å²) in [6, 6.07) is 7.65. The molecule has 1 heteroatoms. The van der Waals surface area contributed by atoms with Gasteiger partial charge in [-0.05, 0) is 6.92 Å². The van der Waals surface area contributed by atoms with Gasteiger partial charge < -0.3 is 5.11 Å². The number of rotatable bonds is 1. The number of aliphatic hydroxyl groups is 1. The van der Waals surface area contributed by atoms with Gasteiger partial charge >= 0.3 is 0 Å². The first kappa shape index (κ1) is 5.45. The summed E-state index contributed by atoms with van der Waals surface area (Å²) in [7, 11) is 0. The molecule has 0 unspecified atom stereocenters. The van der Waals surface area contributed by atoms with Gasteiger partial charge in [0.1, 0.15) is 0 Å². The molecule has 0 saturated carbocycles. The molecule has 1 N–H and O–H groups in total. The maximum absolute atomic E-state index is 8.91. The highest BCUT2D eigenvalue weighted by Crippen LogP contribution is 2.10. The van der Waals surface area contributed by atoms with Crippen LogP contribution in [0.25, 0.3) is 0 Å². The molecule has 0 saturated heterocycles. The van der Waals surface area contributed by atoms with Gasteiger partial charge in [-0.3, -0.25) is 0 Å². The molecule has 1 aromatic carbocycles. The zero-order valence-corrected chi connectivity index (χ0v) is 4.83. The van der Waals surface area contributed by atoms with Crippen LogP contribution in [0.5, 0.6) is 0 Å². The number of aliphatic hydroxyl groups excluding tert-OH is 1. The second kappa shape index (κ2) is 2.05. The van der Waals surface area contributed by atoms with Gasteiger partial charge in [0.05, 0.1) is 0 Å². The van der Waals surface area contributed by atoms with Gasteiger partial charge in [-0.15, -0.1) is 5.56 Å². The van der Waals surface area contributed by atoms with Crippen LogP contribution in [-0.2, 0) is 0 Å². The monoisotopic (exact) mass is 109 g/mol. The van der Waals surface area contributed by atoms with Crippen LogP contribution in [-0.4, -0.2) is 5.11 Å². The predicted octanol–water partition coefficient (Wildman–Crippen LogP) is 1.46. The minimum Gasteiger partial charge on any atom is -0.401 e. The fraction of sp³-hybridized carbons (Fsp3) is 0.286. The van der Waals surface area contributed by atoms with E-state index < -0.39 is 0 Å². The second-order valence-corrected chi connectivity index (χ2v) is 1.89. The van der Waals surface area contributed by atoms with Crippen LogP contribution in [0.4, 0.5) is 0 Å². The van der Waals surface area contributed by atoms with Crippen molar-refractivity contribution in [2.75, 3.05) is 0 Å². The van der Waals surface area contributed by atoms with Crippen LogP contribution in [0.15, 0.2) is 24.3 Å². The first-order valence-electron chi connectivity index (χ1n) is 2.70. The fourth-order valence-electron chi connectivity index (χ4n) is 0.667. The normalized spacial score (nSPS) is 13.8. The quantitative estimate of drug-likeness (QED) is 0.541. The molecule has 0 radical (unpaired) electrons. The Bertz CT molecular complexity index is 139. The molecular formula is C7H9O-. The zero-order valence-electron chi connectivity index (χ0n) is 4.83. The molecule has 0 aliphatic heterocycles. The van der Waals surface area contributed by atoms with E-state index >= 15 is 0 Å². The average Bonchev–Trinajstić information content (AvgIpc) is 2.12. The molecule has 44 valence electrons. The van der Waals surface area contributed by atoms with E-state index in [4.69, 9.17) is 5.11 Å². The molecular weight excluding hydrogens is 100 g/mol. The van der Waals surface area contributed by atoms with E-state index in [1.165, 1.54) is 0 Å².